The molecule has 21 heavy (non-hydrogen) atoms. The Morgan fingerprint density at radius 1 is 1.38 bits per heavy atom. The first-order valence-electron chi connectivity index (χ1n) is 6.82. The van der Waals surface area contributed by atoms with Gasteiger partial charge >= 0.3 is 5.97 Å². The van der Waals surface area contributed by atoms with E-state index in [0.29, 0.717) is 5.76 Å². The predicted molar refractivity (Wildman–Crippen MR) is 84.3 cm³/mol. The molecule has 2 aromatic rings. The molecule has 0 saturated heterocycles. The van der Waals surface area contributed by atoms with Crippen molar-refractivity contribution in [2.24, 2.45) is 0 Å². The normalized spacial score (nSPS) is 12.1. The van der Waals surface area contributed by atoms with Crippen molar-refractivity contribution in [2.45, 2.75) is 19.4 Å². The average molecular weight is 352 g/mol. The Morgan fingerprint density at radius 2 is 2.19 bits per heavy atom. The number of hydrogen-bond donors (Lipinski definition) is 1. The van der Waals surface area contributed by atoms with Gasteiger partial charge in [-0.1, -0.05) is 35.0 Å². The minimum absolute atomic E-state index is 0.0964. The summed E-state index contributed by atoms with van der Waals surface area (Å²) in [6.45, 7) is 2.96. The number of methoxy groups -OCH3 is 1. The SMILES string of the molecule is CCCNC(c1cccc(Br)c1)c1ccc(C(=O)OC)o1. The number of furan rings is 1. The third-order valence-corrected chi connectivity index (χ3v) is 3.57. The molecule has 1 aromatic carbocycles. The van der Waals surface area contributed by atoms with Crippen molar-refractivity contribution in [3.8, 4) is 0 Å². The third-order valence-electron chi connectivity index (χ3n) is 3.08. The molecule has 112 valence electrons. The summed E-state index contributed by atoms with van der Waals surface area (Å²) in [6.07, 6.45) is 1.01. The van der Waals surface area contributed by atoms with Crippen LogP contribution >= 0.6 is 15.9 Å². The van der Waals surface area contributed by atoms with Crippen LogP contribution in [0.25, 0.3) is 0 Å². The molecule has 1 atom stereocenters. The number of rotatable bonds is 6. The first kappa shape index (κ1) is 15.8. The van der Waals surface area contributed by atoms with Crippen LogP contribution in [0.1, 0.15) is 41.3 Å². The third kappa shape index (κ3) is 3.95. The molecule has 0 aliphatic carbocycles. The fourth-order valence-corrected chi connectivity index (χ4v) is 2.49. The number of carbonyl (C=O) groups is 1. The second kappa shape index (κ2) is 7.43. The van der Waals surface area contributed by atoms with E-state index in [1.165, 1.54) is 7.11 Å². The minimum atomic E-state index is -0.468. The van der Waals surface area contributed by atoms with Crippen molar-refractivity contribution < 1.29 is 13.9 Å². The molecule has 0 aliphatic heterocycles. The molecular weight excluding hydrogens is 334 g/mol. The second-order valence-electron chi connectivity index (χ2n) is 4.64. The zero-order valence-corrected chi connectivity index (χ0v) is 13.6. The van der Waals surface area contributed by atoms with E-state index in [2.05, 4.69) is 32.9 Å². The number of halogens is 1. The molecule has 1 N–H and O–H groups in total. The molecule has 0 aliphatic rings. The lowest BCUT2D eigenvalue weighted by molar-refractivity contribution is 0.0562. The zero-order valence-electron chi connectivity index (χ0n) is 12.1. The van der Waals surface area contributed by atoms with Crippen molar-refractivity contribution in [3.05, 3.63) is 58.0 Å². The van der Waals surface area contributed by atoms with Gasteiger partial charge in [-0.25, -0.2) is 4.79 Å². The molecule has 4 nitrogen and oxygen atoms in total. The predicted octanol–water partition coefficient (Wildman–Crippen LogP) is 3.92. The van der Waals surface area contributed by atoms with E-state index in [9.17, 15) is 4.79 Å². The van der Waals surface area contributed by atoms with E-state index in [4.69, 9.17) is 4.42 Å². The van der Waals surface area contributed by atoms with Crippen LogP contribution in [0.4, 0.5) is 0 Å². The molecule has 0 amide bonds. The van der Waals surface area contributed by atoms with Gasteiger partial charge in [-0.3, -0.25) is 0 Å². The average Bonchev–Trinajstić information content (AvgIpc) is 2.97. The summed E-state index contributed by atoms with van der Waals surface area (Å²) >= 11 is 3.48. The lowest BCUT2D eigenvalue weighted by Gasteiger charge is -2.17. The van der Waals surface area contributed by atoms with Gasteiger partial charge in [0.05, 0.1) is 13.2 Å². The summed E-state index contributed by atoms with van der Waals surface area (Å²) in [5.74, 6) is 0.442. The van der Waals surface area contributed by atoms with Gasteiger partial charge in [0.25, 0.3) is 0 Å². The zero-order chi connectivity index (χ0) is 15.2. The number of benzene rings is 1. The fourth-order valence-electron chi connectivity index (χ4n) is 2.08. The van der Waals surface area contributed by atoms with E-state index >= 15 is 0 Å². The van der Waals surface area contributed by atoms with Gasteiger partial charge < -0.3 is 14.5 Å². The Hall–Kier alpha value is -1.59. The van der Waals surface area contributed by atoms with Gasteiger partial charge in [-0.05, 0) is 42.8 Å². The van der Waals surface area contributed by atoms with Crippen LogP contribution in [0.3, 0.4) is 0 Å². The Labute approximate surface area is 132 Å². The van der Waals surface area contributed by atoms with E-state index in [1.54, 1.807) is 12.1 Å². The van der Waals surface area contributed by atoms with Gasteiger partial charge in [-0.15, -0.1) is 0 Å². The smallest absolute Gasteiger partial charge is 0.373 e. The molecular formula is C16H18BrNO3. The molecule has 0 fully saturated rings. The Balaban J connectivity index is 2.31. The summed E-state index contributed by atoms with van der Waals surface area (Å²) < 4.78 is 11.3. The second-order valence-corrected chi connectivity index (χ2v) is 5.55. The first-order chi connectivity index (χ1) is 10.2. The van der Waals surface area contributed by atoms with E-state index < -0.39 is 5.97 Å². The monoisotopic (exact) mass is 351 g/mol. The van der Waals surface area contributed by atoms with Crippen molar-refractivity contribution in [1.29, 1.82) is 0 Å². The first-order valence-corrected chi connectivity index (χ1v) is 7.62. The number of ether oxygens (including phenoxy) is 1. The molecule has 1 unspecified atom stereocenters. The van der Waals surface area contributed by atoms with Crippen molar-refractivity contribution in [2.75, 3.05) is 13.7 Å². The largest absolute Gasteiger partial charge is 0.463 e. The summed E-state index contributed by atoms with van der Waals surface area (Å²) in [6, 6.07) is 11.4. The summed E-state index contributed by atoms with van der Waals surface area (Å²) in [4.78, 5) is 11.5. The standard InChI is InChI=1S/C16H18BrNO3/c1-3-9-18-15(11-5-4-6-12(17)10-11)13-7-8-14(21-13)16(19)20-2/h4-8,10,15,18H,3,9H2,1-2H3. The van der Waals surface area contributed by atoms with Gasteiger partial charge in [0, 0.05) is 4.47 Å². The van der Waals surface area contributed by atoms with Gasteiger partial charge in [-0.2, -0.15) is 0 Å². The molecule has 1 aromatic heterocycles. The molecule has 2 rings (SSSR count). The molecule has 1 heterocycles. The number of esters is 1. The summed E-state index contributed by atoms with van der Waals surface area (Å²) in [5.41, 5.74) is 1.07. The maximum Gasteiger partial charge on any atom is 0.373 e. The lowest BCUT2D eigenvalue weighted by Crippen LogP contribution is -2.22. The van der Waals surface area contributed by atoms with Crippen LogP contribution in [0.5, 0.6) is 0 Å². The highest BCUT2D eigenvalue weighted by atomic mass is 79.9. The molecule has 0 bridgehead atoms. The van der Waals surface area contributed by atoms with Crippen LogP contribution in [-0.4, -0.2) is 19.6 Å². The topological polar surface area (TPSA) is 51.5 Å². The van der Waals surface area contributed by atoms with Crippen molar-refractivity contribution in [3.63, 3.8) is 0 Å². The molecule has 0 spiro atoms. The number of hydrogen-bond acceptors (Lipinski definition) is 4. The van der Waals surface area contributed by atoms with Crippen LogP contribution < -0.4 is 5.32 Å². The van der Waals surface area contributed by atoms with E-state index in [-0.39, 0.29) is 11.8 Å². The quantitative estimate of drug-likeness (QED) is 0.801. The van der Waals surface area contributed by atoms with Crippen molar-refractivity contribution in [1.82, 2.24) is 5.32 Å². The maximum atomic E-state index is 11.5. The highest BCUT2D eigenvalue weighted by Crippen LogP contribution is 2.26. The molecule has 0 radical (unpaired) electrons. The summed E-state index contributed by atoms with van der Waals surface area (Å²) in [7, 11) is 1.34. The van der Waals surface area contributed by atoms with Gasteiger partial charge in [0.1, 0.15) is 5.76 Å². The molecule has 5 heteroatoms. The minimum Gasteiger partial charge on any atom is -0.463 e. The molecule has 0 saturated carbocycles. The van der Waals surface area contributed by atoms with E-state index in [1.807, 2.05) is 24.3 Å². The van der Waals surface area contributed by atoms with Crippen molar-refractivity contribution >= 4 is 21.9 Å². The Kier molecular flexibility index (Phi) is 5.59. The van der Waals surface area contributed by atoms with Crippen LogP contribution in [-0.2, 0) is 4.74 Å². The highest BCUT2D eigenvalue weighted by Gasteiger charge is 2.20. The number of nitrogens with one attached hydrogen (secondary N) is 1. The Bertz CT molecular complexity index is 609. The number of carbonyl (C=O) groups excluding carboxylic acids is 1. The van der Waals surface area contributed by atoms with Gasteiger partial charge in [0.2, 0.25) is 5.76 Å². The lowest BCUT2D eigenvalue weighted by atomic mass is 10.0. The Morgan fingerprint density at radius 3 is 2.86 bits per heavy atom. The maximum absolute atomic E-state index is 11.5. The fraction of sp³-hybridized carbons (Fsp3) is 0.312. The van der Waals surface area contributed by atoms with Gasteiger partial charge in [0.15, 0.2) is 0 Å². The van der Waals surface area contributed by atoms with Crippen LogP contribution in [0, 0.1) is 0 Å². The van der Waals surface area contributed by atoms with Crippen LogP contribution in [0.2, 0.25) is 0 Å². The highest BCUT2D eigenvalue weighted by molar-refractivity contribution is 9.10. The van der Waals surface area contributed by atoms with E-state index in [0.717, 1.165) is 23.0 Å². The van der Waals surface area contributed by atoms with Crippen LogP contribution in [0.15, 0.2) is 45.3 Å². The summed E-state index contributed by atoms with van der Waals surface area (Å²) in [5, 5.41) is 3.43.